The number of benzene rings is 1. The average molecular weight is 437 g/mol. The summed E-state index contributed by atoms with van der Waals surface area (Å²) in [4.78, 5) is 9.05. The second-order valence-electron chi connectivity index (χ2n) is 7.41. The smallest absolute Gasteiger partial charge is 0.219 e. The summed E-state index contributed by atoms with van der Waals surface area (Å²) >= 11 is 0. The first kappa shape index (κ1) is 23.1. The Morgan fingerprint density at radius 2 is 1.94 bits per heavy atom. The van der Waals surface area contributed by atoms with Gasteiger partial charge >= 0.3 is 0 Å². The van der Waals surface area contributed by atoms with Gasteiger partial charge in [0.25, 0.3) is 0 Å². The minimum absolute atomic E-state index is 0.527. The van der Waals surface area contributed by atoms with Gasteiger partial charge in [-0.15, -0.1) is 0 Å². The Bertz CT molecular complexity index is 1010. The van der Waals surface area contributed by atoms with E-state index in [1.54, 1.807) is 13.3 Å². The lowest BCUT2D eigenvalue weighted by atomic mass is 10.3. The molecule has 0 atom stereocenters. The van der Waals surface area contributed by atoms with Gasteiger partial charge in [0.2, 0.25) is 5.88 Å². The Labute approximate surface area is 189 Å². The number of nitrogens with zero attached hydrogens (tertiary/aromatic N) is 4. The topological polar surface area (TPSA) is 85.6 Å². The number of ether oxygens (including phenoxy) is 2. The van der Waals surface area contributed by atoms with Gasteiger partial charge < -0.3 is 20.1 Å². The number of hydrogen-bond acceptors (Lipinski definition) is 5. The van der Waals surface area contributed by atoms with Gasteiger partial charge in [0, 0.05) is 43.7 Å². The number of methoxy groups -OCH3 is 1. The summed E-state index contributed by atoms with van der Waals surface area (Å²) in [6.45, 7) is 9.18. The monoisotopic (exact) mass is 436 g/mol. The van der Waals surface area contributed by atoms with Gasteiger partial charge in [-0.2, -0.15) is 5.10 Å². The number of hydrogen-bond donors (Lipinski definition) is 2. The molecule has 0 fully saturated rings. The summed E-state index contributed by atoms with van der Waals surface area (Å²) in [6.07, 6.45) is 2.75. The molecule has 0 bridgehead atoms. The minimum atomic E-state index is 0.527. The van der Waals surface area contributed by atoms with Crippen LogP contribution in [0.1, 0.15) is 30.3 Å². The molecule has 0 radical (unpaired) electrons. The largest absolute Gasteiger partial charge is 0.497 e. The molecule has 0 unspecified atom stereocenters. The average Bonchev–Trinajstić information content (AvgIpc) is 3.12. The number of guanidine groups is 1. The van der Waals surface area contributed by atoms with Crippen LogP contribution in [0.25, 0.3) is 0 Å². The van der Waals surface area contributed by atoms with Crippen LogP contribution < -0.4 is 20.1 Å². The second-order valence-corrected chi connectivity index (χ2v) is 7.41. The molecule has 0 saturated carbocycles. The highest BCUT2D eigenvalue weighted by Gasteiger charge is 2.03. The SMILES string of the molecule is CCNC(=NCc1ccc(Oc2cccc(OC)c2)nc1)NCCCn1nc(C)cc1C. The zero-order valence-corrected chi connectivity index (χ0v) is 19.3. The first-order valence-electron chi connectivity index (χ1n) is 10.9. The van der Waals surface area contributed by atoms with Crippen molar-refractivity contribution in [3.63, 3.8) is 0 Å². The van der Waals surface area contributed by atoms with Crippen LogP contribution in [-0.2, 0) is 13.1 Å². The molecule has 0 aliphatic carbocycles. The van der Waals surface area contributed by atoms with Crippen LogP contribution >= 0.6 is 0 Å². The van der Waals surface area contributed by atoms with Crippen LogP contribution in [-0.4, -0.2) is 40.9 Å². The number of aliphatic imine (C=N–C) groups is 1. The predicted molar refractivity (Wildman–Crippen MR) is 126 cm³/mol. The summed E-state index contributed by atoms with van der Waals surface area (Å²) in [6, 6.07) is 13.4. The molecule has 3 rings (SSSR count). The lowest BCUT2D eigenvalue weighted by Gasteiger charge is -2.12. The molecule has 3 aromatic rings. The zero-order valence-electron chi connectivity index (χ0n) is 19.3. The van der Waals surface area contributed by atoms with E-state index in [1.165, 1.54) is 5.69 Å². The quantitative estimate of drug-likeness (QED) is 0.285. The molecule has 2 heterocycles. The van der Waals surface area contributed by atoms with Crippen LogP contribution in [0.2, 0.25) is 0 Å². The highest BCUT2D eigenvalue weighted by atomic mass is 16.5. The van der Waals surface area contributed by atoms with Gasteiger partial charge in [-0.1, -0.05) is 12.1 Å². The maximum atomic E-state index is 5.79. The summed E-state index contributed by atoms with van der Waals surface area (Å²) in [5.41, 5.74) is 3.25. The van der Waals surface area contributed by atoms with Gasteiger partial charge in [-0.25, -0.2) is 9.98 Å². The van der Waals surface area contributed by atoms with E-state index in [-0.39, 0.29) is 0 Å². The molecular weight excluding hydrogens is 404 g/mol. The Morgan fingerprint density at radius 1 is 1.09 bits per heavy atom. The lowest BCUT2D eigenvalue weighted by molar-refractivity contribution is 0.407. The van der Waals surface area contributed by atoms with Crippen molar-refractivity contribution < 1.29 is 9.47 Å². The van der Waals surface area contributed by atoms with Gasteiger partial charge in [0.05, 0.1) is 19.3 Å². The van der Waals surface area contributed by atoms with Crippen molar-refractivity contribution in [2.75, 3.05) is 20.2 Å². The number of nitrogens with one attached hydrogen (secondary N) is 2. The Balaban J connectivity index is 1.49. The van der Waals surface area contributed by atoms with Gasteiger partial charge in [0.15, 0.2) is 5.96 Å². The molecule has 2 aromatic heterocycles. The molecule has 170 valence electrons. The second kappa shape index (κ2) is 11.7. The van der Waals surface area contributed by atoms with Crippen molar-refractivity contribution in [1.29, 1.82) is 0 Å². The highest BCUT2D eigenvalue weighted by molar-refractivity contribution is 5.79. The first-order chi connectivity index (χ1) is 15.6. The molecule has 32 heavy (non-hydrogen) atoms. The number of pyridine rings is 1. The van der Waals surface area contributed by atoms with E-state index in [2.05, 4.69) is 45.6 Å². The maximum Gasteiger partial charge on any atom is 0.219 e. The Morgan fingerprint density at radius 3 is 2.62 bits per heavy atom. The van der Waals surface area contributed by atoms with Gasteiger partial charge in [-0.3, -0.25) is 4.68 Å². The van der Waals surface area contributed by atoms with Crippen molar-refractivity contribution in [3.8, 4) is 17.4 Å². The van der Waals surface area contributed by atoms with Crippen LogP contribution in [0.3, 0.4) is 0 Å². The normalized spacial score (nSPS) is 11.3. The molecule has 1 aromatic carbocycles. The third-order valence-corrected chi connectivity index (χ3v) is 4.77. The molecule has 2 N–H and O–H groups in total. The van der Waals surface area contributed by atoms with E-state index >= 15 is 0 Å². The molecule has 8 nitrogen and oxygen atoms in total. The van der Waals surface area contributed by atoms with E-state index in [9.17, 15) is 0 Å². The van der Waals surface area contributed by atoms with Crippen LogP contribution in [0.4, 0.5) is 0 Å². The van der Waals surface area contributed by atoms with Gasteiger partial charge in [0.1, 0.15) is 11.5 Å². The van der Waals surface area contributed by atoms with Crippen LogP contribution in [0, 0.1) is 13.8 Å². The molecule has 0 aliphatic heterocycles. The molecule has 0 spiro atoms. The molecular formula is C24H32N6O2. The van der Waals surface area contributed by atoms with Crippen molar-refractivity contribution in [1.82, 2.24) is 25.4 Å². The third kappa shape index (κ3) is 7.01. The molecule has 0 amide bonds. The van der Waals surface area contributed by atoms with Crippen molar-refractivity contribution in [2.45, 2.75) is 40.3 Å². The van der Waals surface area contributed by atoms with E-state index in [0.717, 1.165) is 49.0 Å². The summed E-state index contributed by atoms with van der Waals surface area (Å²) in [5.74, 6) is 2.74. The fourth-order valence-corrected chi connectivity index (χ4v) is 3.20. The van der Waals surface area contributed by atoms with E-state index in [1.807, 2.05) is 48.0 Å². The zero-order chi connectivity index (χ0) is 22.8. The summed E-state index contributed by atoms with van der Waals surface area (Å²) in [7, 11) is 1.63. The number of aryl methyl sites for hydroxylation is 3. The number of aromatic nitrogens is 3. The highest BCUT2D eigenvalue weighted by Crippen LogP contribution is 2.23. The van der Waals surface area contributed by atoms with Crippen LogP contribution in [0.5, 0.6) is 17.4 Å². The first-order valence-corrected chi connectivity index (χ1v) is 10.9. The maximum absolute atomic E-state index is 5.79. The van der Waals surface area contributed by atoms with Crippen LogP contribution in [0.15, 0.2) is 53.7 Å². The molecule has 0 saturated heterocycles. The Kier molecular flexibility index (Phi) is 8.48. The Hall–Kier alpha value is -3.55. The summed E-state index contributed by atoms with van der Waals surface area (Å²) < 4.78 is 13.1. The third-order valence-electron chi connectivity index (χ3n) is 4.77. The predicted octanol–water partition coefficient (Wildman–Crippen LogP) is 3.84. The van der Waals surface area contributed by atoms with E-state index < -0.39 is 0 Å². The minimum Gasteiger partial charge on any atom is -0.497 e. The van der Waals surface area contributed by atoms with Crippen molar-refractivity contribution >= 4 is 5.96 Å². The fraction of sp³-hybridized carbons (Fsp3) is 0.375. The standard InChI is InChI=1S/C24H32N6O2/c1-5-25-24(26-12-7-13-30-19(3)14-18(2)29-30)28-17-20-10-11-23(27-16-20)32-22-9-6-8-21(15-22)31-4/h6,8-11,14-16H,5,7,12-13,17H2,1-4H3,(H2,25,26,28). The van der Waals surface area contributed by atoms with Crippen molar-refractivity contribution in [2.24, 2.45) is 4.99 Å². The lowest BCUT2D eigenvalue weighted by Crippen LogP contribution is -2.38. The van der Waals surface area contributed by atoms with Gasteiger partial charge in [-0.05, 0) is 51.0 Å². The fourth-order valence-electron chi connectivity index (χ4n) is 3.20. The van der Waals surface area contributed by atoms with Crippen molar-refractivity contribution in [3.05, 3.63) is 65.6 Å². The number of rotatable bonds is 10. The van der Waals surface area contributed by atoms with E-state index in [0.29, 0.717) is 18.2 Å². The van der Waals surface area contributed by atoms with E-state index in [4.69, 9.17) is 9.47 Å². The summed E-state index contributed by atoms with van der Waals surface area (Å²) in [5, 5.41) is 11.2. The molecule has 0 aliphatic rings. The molecule has 8 heteroatoms.